The van der Waals surface area contributed by atoms with Crippen LogP contribution in [0.4, 0.5) is 11.4 Å². The molecule has 0 spiro atoms. The molecule has 0 aliphatic carbocycles. The number of hydrogen-bond donors (Lipinski definition) is 2. The van der Waals surface area contributed by atoms with Crippen LogP contribution in [0.1, 0.15) is 11.1 Å². The van der Waals surface area contributed by atoms with Gasteiger partial charge < -0.3 is 5.73 Å². The Labute approximate surface area is 112 Å². The van der Waals surface area contributed by atoms with Gasteiger partial charge in [-0.15, -0.1) is 0 Å². The number of pyridine rings is 1. The van der Waals surface area contributed by atoms with Crippen LogP contribution in [0.15, 0.2) is 42.7 Å². The van der Waals surface area contributed by atoms with E-state index in [-0.39, 0.29) is 5.75 Å². The van der Waals surface area contributed by atoms with Crippen molar-refractivity contribution in [1.29, 1.82) is 0 Å². The minimum atomic E-state index is -3.47. The quantitative estimate of drug-likeness (QED) is 0.836. The maximum Gasteiger partial charge on any atom is 0.236 e. The highest BCUT2D eigenvalue weighted by molar-refractivity contribution is 7.91. The average Bonchev–Trinajstić information content (AvgIpc) is 2.31. The Morgan fingerprint density at radius 1 is 1.32 bits per heavy atom. The SMILES string of the molecule is Cc1ccncc1NS(=O)(=O)Cc1cccc(N)c1. The van der Waals surface area contributed by atoms with Gasteiger partial charge in [-0.1, -0.05) is 12.1 Å². The number of anilines is 2. The van der Waals surface area contributed by atoms with E-state index in [4.69, 9.17) is 5.73 Å². The maximum atomic E-state index is 12.1. The number of rotatable bonds is 4. The first kappa shape index (κ1) is 13.4. The normalized spacial score (nSPS) is 11.2. The van der Waals surface area contributed by atoms with Gasteiger partial charge in [0, 0.05) is 11.9 Å². The van der Waals surface area contributed by atoms with E-state index in [1.807, 2.05) is 6.92 Å². The summed E-state index contributed by atoms with van der Waals surface area (Å²) in [7, 11) is -3.47. The summed E-state index contributed by atoms with van der Waals surface area (Å²) in [5.74, 6) is -0.119. The molecular formula is C13H15N3O2S. The fraction of sp³-hybridized carbons (Fsp3) is 0.154. The Hall–Kier alpha value is -2.08. The molecule has 0 bridgehead atoms. The molecule has 2 aromatic rings. The molecule has 3 N–H and O–H groups in total. The summed E-state index contributed by atoms with van der Waals surface area (Å²) in [4.78, 5) is 3.90. The van der Waals surface area contributed by atoms with Crippen molar-refractivity contribution in [2.75, 3.05) is 10.5 Å². The Balaban J connectivity index is 2.18. The second-order valence-electron chi connectivity index (χ2n) is 4.30. The van der Waals surface area contributed by atoms with E-state index in [9.17, 15) is 8.42 Å². The van der Waals surface area contributed by atoms with Gasteiger partial charge in [-0.25, -0.2) is 8.42 Å². The number of aryl methyl sites for hydroxylation is 1. The minimum absolute atomic E-state index is 0.119. The molecule has 0 radical (unpaired) electrons. The Morgan fingerprint density at radius 3 is 2.79 bits per heavy atom. The van der Waals surface area contributed by atoms with E-state index < -0.39 is 10.0 Å². The molecule has 5 nitrogen and oxygen atoms in total. The molecule has 6 heteroatoms. The van der Waals surface area contributed by atoms with Gasteiger partial charge in [0.05, 0.1) is 17.6 Å². The van der Waals surface area contributed by atoms with Gasteiger partial charge in [-0.05, 0) is 36.2 Å². The first-order chi connectivity index (χ1) is 8.96. The largest absolute Gasteiger partial charge is 0.399 e. The van der Waals surface area contributed by atoms with Crippen LogP contribution in [0.2, 0.25) is 0 Å². The molecule has 0 aliphatic heterocycles. The summed E-state index contributed by atoms with van der Waals surface area (Å²) in [6.45, 7) is 1.82. The number of nitrogen functional groups attached to an aromatic ring is 1. The Bertz CT molecular complexity index is 684. The molecule has 0 amide bonds. The van der Waals surface area contributed by atoms with Crippen molar-refractivity contribution in [2.45, 2.75) is 12.7 Å². The number of hydrogen-bond acceptors (Lipinski definition) is 4. The van der Waals surface area contributed by atoms with Crippen LogP contribution in [-0.4, -0.2) is 13.4 Å². The maximum absolute atomic E-state index is 12.1. The molecule has 100 valence electrons. The van der Waals surface area contributed by atoms with E-state index in [2.05, 4.69) is 9.71 Å². The van der Waals surface area contributed by atoms with Gasteiger partial charge in [-0.3, -0.25) is 9.71 Å². The third-order valence-electron chi connectivity index (χ3n) is 2.61. The molecule has 1 heterocycles. The molecule has 0 unspecified atom stereocenters. The minimum Gasteiger partial charge on any atom is -0.399 e. The highest BCUT2D eigenvalue weighted by Gasteiger charge is 2.13. The van der Waals surface area contributed by atoms with Crippen LogP contribution in [0.3, 0.4) is 0 Å². The number of nitrogens with one attached hydrogen (secondary N) is 1. The lowest BCUT2D eigenvalue weighted by Gasteiger charge is -2.10. The summed E-state index contributed by atoms with van der Waals surface area (Å²) in [6, 6.07) is 8.57. The molecular weight excluding hydrogens is 262 g/mol. The molecule has 0 fully saturated rings. The lowest BCUT2D eigenvalue weighted by Crippen LogP contribution is -2.16. The van der Waals surface area contributed by atoms with Crippen LogP contribution >= 0.6 is 0 Å². The topological polar surface area (TPSA) is 85.1 Å². The van der Waals surface area contributed by atoms with Crippen molar-refractivity contribution in [3.05, 3.63) is 53.9 Å². The van der Waals surface area contributed by atoms with Crippen molar-refractivity contribution < 1.29 is 8.42 Å². The lowest BCUT2D eigenvalue weighted by molar-refractivity contribution is 0.600. The van der Waals surface area contributed by atoms with Gasteiger partial charge in [0.15, 0.2) is 0 Å². The van der Waals surface area contributed by atoms with E-state index in [1.165, 1.54) is 6.20 Å². The zero-order chi connectivity index (χ0) is 13.9. The van der Waals surface area contributed by atoms with E-state index >= 15 is 0 Å². The number of aromatic nitrogens is 1. The first-order valence-electron chi connectivity index (χ1n) is 5.72. The predicted octanol–water partition coefficient (Wildman–Crippen LogP) is 1.91. The fourth-order valence-electron chi connectivity index (χ4n) is 1.68. The highest BCUT2D eigenvalue weighted by atomic mass is 32.2. The molecule has 1 aromatic carbocycles. The zero-order valence-electron chi connectivity index (χ0n) is 10.5. The van der Waals surface area contributed by atoms with Crippen LogP contribution in [0, 0.1) is 6.92 Å². The molecule has 2 rings (SSSR count). The van der Waals surface area contributed by atoms with E-state index in [0.717, 1.165) is 5.56 Å². The first-order valence-corrected chi connectivity index (χ1v) is 7.37. The average molecular weight is 277 g/mol. The van der Waals surface area contributed by atoms with Crippen LogP contribution in [0.25, 0.3) is 0 Å². The summed E-state index contributed by atoms with van der Waals surface area (Å²) < 4.78 is 26.6. The van der Waals surface area contributed by atoms with E-state index in [1.54, 1.807) is 36.5 Å². The number of nitrogens with two attached hydrogens (primary N) is 1. The van der Waals surface area contributed by atoms with Crippen molar-refractivity contribution in [1.82, 2.24) is 4.98 Å². The van der Waals surface area contributed by atoms with Crippen molar-refractivity contribution in [3.63, 3.8) is 0 Å². The van der Waals surface area contributed by atoms with Gasteiger partial charge in [-0.2, -0.15) is 0 Å². The molecule has 0 atom stereocenters. The van der Waals surface area contributed by atoms with Crippen molar-refractivity contribution >= 4 is 21.4 Å². The van der Waals surface area contributed by atoms with Gasteiger partial charge >= 0.3 is 0 Å². The zero-order valence-corrected chi connectivity index (χ0v) is 11.3. The second-order valence-corrected chi connectivity index (χ2v) is 6.02. The standard InChI is InChI=1S/C13H15N3O2S/c1-10-5-6-15-8-13(10)16-19(17,18)9-11-3-2-4-12(14)7-11/h2-8,16H,9,14H2,1H3. The monoisotopic (exact) mass is 277 g/mol. The molecule has 1 aromatic heterocycles. The van der Waals surface area contributed by atoms with Crippen molar-refractivity contribution in [3.8, 4) is 0 Å². The molecule has 0 saturated carbocycles. The van der Waals surface area contributed by atoms with Crippen LogP contribution in [0.5, 0.6) is 0 Å². The smallest absolute Gasteiger partial charge is 0.236 e. The summed E-state index contributed by atoms with van der Waals surface area (Å²) in [5, 5.41) is 0. The van der Waals surface area contributed by atoms with Gasteiger partial charge in [0.1, 0.15) is 0 Å². The van der Waals surface area contributed by atoms with Gasteiger partial charge in [0.2, 0.25) is 10.0 Å². The Kier molecular flexibility index (Phi) is 3.71. The number of benzene rings is 1. The Morgan fingerprint density at radius 2 is 2.11 bits per heavy atom. The van der Waals surface area contributed by atoms with E-state index in [0.29, 0.717) is 16.9 Å². The fourth-order valence-corrected chi connectivity index (χ4v) is 2.92. The second kappa shape index (κ2) is 5.27. The van der Waals surface area contributed by atoms with Crippen molar-refractivity contribution in [2.24, 2.45) is 0 Å². The summed E-state index contributed by atoms with van der Waals surface area (Å²) in [6.07, 6.45) is 3.11. The van der Waals surface area contributed by atoms with Crippen LogP contribution in [-0.2, 0) is 15.8 Å². The molecule has 0 aliphatic rings. The van der Waals surface area contributed by atoms with Gasteiger partial charge in [0.25, 0.3) is 0 Å². The molecule has 19 heavy (non-hydrogen) atoms. The third-order valence-corrected chi connectivity index (χ3v) is 3.86. The summed E-state index contributed by atoms with van der Waals surface area (Å²) >= 11 is 0. The lowest BCUT2D eigenvalue weighted by atomic mass is 10.2. The number of sulfonamides is 1. The summed E-state index contributed by atoms with van der Waals surface area (Å²) in [5.41, 5.74) is 8.14. The van der Waals surface area contributed by atoms with Crippen LogP contribution < -0.4 is 10.5 Å². The number of nitrogens with zero attached hydrogens (tertiary/aromatic N) is 1. The predicted molar refractivity (Wildman–Crippen MR) is 76.1 cm³/mol. The highest BCUT2D eigenvalue weighted by Crippen LogP contribution is 2.16. The molecule has 0 saturated heterocycles. The third kappa shape index (κ3) is 3.69.